The minimum Gasteiger partial charge on any atom is -0.368 e. The second-order valence-corrected chi connectivity index (χ2v) is 6.63. The van der Waals surface area contributed by atoms with E-state index in [0.717, 1.165) is 20.2 Å². The van der Waals surface area contributed by atoms with Crippen LogP contribution in [-0.2, 0) is 0 Å². The maximum absolute atomic E-state index is 12.6. The lowest BCUT2D eigenvalue weighted by atomic mass is 10.2. The van der Waals surface area contributed by atoms with Crippen LogP contribution in [0.5, 0.6) is 0 Å². The Morgan fingerprint density at radius 2 is 2.08 bits per heavy atom. The first-order valence-corrected chi connectivity index (χ1v) is 9.06. The third kappa shape index (κ3) is 3.53. The summed E-state index contributed by atoms with van der Waals surface area (Å²) < 4.78 is 2.56. The summed E-state index contributed by atoms with van der Waals surface area (Å²) in [6.07, 6.45) is 3.48. The van der Waals surface area contributed by atoms with Gasteiger partial charge in [0.1, 0.15) is 5.82 Å². The van der Waals surface area contributed by atoms with E-state index in [1.54, 1.807) is 15.7 Å². The van der Waals surface area contributed by atoms with Crippen molar-refractivity contribution >= 4 is 57.0 Å². The van der Waals surface area contributed by atoms with E-state index in [4.69, 9.17) is 5.73 Å². The van der Waals surface area contributed by atoms with Crippen molar-refractivity contribution in [3.8, 4) is 0 Å². The molecule has 0 spiro atoms. The molecule has 3 rings (SSSR count). The van der Waals surface area contributed by atoms with Crippen molar-refractivity contribution in [2.75, 3.05) is 24.1 Å². The number of nitrogens with zero attached hydrogens (tertiary/aromatic N) is 4. The normalized spacial score (nSPS) is 10.8. The van der Waals surface area contributed by atoms with Crippen LogP contribution in [-0.4, -0.2) is 38.6 Å². The third-order valence-electron chi connectivity index (χ3n) is 3.96. The van der Waals surface area contributed by atoms with Crippen molar-refractivity contribution < 1.29 is 4.79 Å². The molecule has 25 heavy (non-hydrogen) atoms. The van der Waals surface area contributed by atoms with E-state index < -0.39 is 0 Å². The summed E-state index contributed by atoms with van der Waals surface area (Å²) in [5.41, 5.74) is 7.40. The molecule has 0 aliphatic rings. The first-order chi connectivity index (χ1) is 12.0. The molecule has 0 unspecified atom stereocenters. The molecule has 2 heterocycles. The van der Waals surface area contributed by atoms with Gasteiger partial charge in [-0.25, -0.2) is 9.78 Å². The highest BCUT2D eigenvalue weighted by atomic mass is 127. The lowest BCUT2D eigenvalue weighted by Crippen LogP contribution is -2.33. The molecule has 130 valence electrons. The molecule has 7 nitrogen and oxygen atoms in total. The Balaban J connectivity index is 1.92. The van der Waals surface area contributed by atoms with Gasteiger partial charge in [0.2, 0.25) is 5.95 Å². The Kier molecular flexibility index (Phi) is 5.07. The number of hydrogen-bond donors (Lipinski definition) is 2. The van der Waals surface area contributed by atoms with E-state index in [2.05, 4.69) is 37.9 Å². The summed E-state index contributed by atoms with van der Waals surface area (Å²) in [6.45, 7) is 5.32. The number of benzene rings is 1. The van der Waals surface area contributed by atoms with Crippen molar-refractivity contribution in [2.24, 2.45) is 0 Å². The van der Waals surface area contributed by atoms with E-state index in [-0.39, 0.29) is 12.0 Å². The first-order valence-electron chi connectivity index (χ1n) is 7.99. The van der Waals surface area contributed by atoms with E-state index >= 15 is 0 Å². The smallest absolute Gasteiger partial charge is 0.328 e. The lowest BCUT2D eigenvalue weighted by Gasteiger charge is -2.19. The number of hydrogen-bond acceptors (Lipinski definition) is 5. The van der Waals surface area contributed by atoms with Crippen LogP contribution >= 0.6 is 22.6 Å². The fraction of sp³-hybridized carbons (Fsp3) is 0.235. The van der Waals surface area contributed by atoms with Crippen LogP contribution in [0.3, 0.4) is 0 Å². The van der Waals surface area contributed by atoms with Crippen molar-refractivity contribution in [3.05, 3.63) is 40.2 Å². The Morgan fingerprint density at radius 3 is 2.80 bits per heavy atom. The number of carbonyl (C=O) groups is 1. The summed E-state index contributed by atoms with van der Waals surface area (Å²) >= 11 is 2.15. The largest absolute Gasteiger partial charge is 0.368 e. The number of nitrogens with one attached hydrogen (secondary N) is 1. The molecule has 0 bridgehead atoms. The zero-order chi connectivity index (χ0) is 18.0. The zero-order valence-electron chi connectivity index (χ0n) is 14.0. The molecule has 0 aliphatic carbocycles. The van der Waals surface area contributed by atoms with Crippen molar-refractivity contribution in [1.29, 1.82) is 0 Å². The molecule has 2 aromatic heterocycles. The van der Waals surface area contributed by atoms with E-state index in [9.17, 15) is 4.79 Å². The molecular weight excluding hydrogens is 431 g/mol. The first kappa shape index (κ1) is 17.5. The van der Waals surface area contributed by atoms with Gasteiger partial charge in [0, 0.05) is 36.6 Å². The number of nitrogens with two attached hydrogens (primary N) is 1. The minimum absolute atomic E-state index is 0.0150. The second-order valence-electron chi connectivity index (χ2n) is 5.46. The number of rotatable bonds is 4. The highest BCUT2D eigenvalue weighted by Crippen LogP contribution is 2.25. The predicted molar refractivity (Wildman–Crippen MR) is 108 cm³/mol. The van der Waals surface area contributed by atoms with Crippen LogP contribution in [0.25, 0.3) is 10.9 Å². The van der Waals surface area contributed by atoms with Gasteiger partial charge in [0.05, 0.1) is 9.09 Å². The summed E-state index contributed by atoms with van der Waals surface area (Å²) in [7, 11) is 0. The fourth-order valence-corrected chi connectivity index (χ4v) is 3.03. The minimum atomic E-state index is -0.0150. The maximum atomic E-state index is 12.6. The van der Waals surface area contributed by atoms with Gasteiger partial charge in [-0.05, 0) is 60.7 Å². The molecule has 0 saturated carbocycles. The fourth-order valence-electron chi connectivity index (χ4n) is 2.64. The van der Waals surface area contributed by atoms with Crippen molar-refractivity contribution in [1.82, 2.24) is 19.4 Å². The van der Waals surface area contributed by atoms with Gasteiger partial charge in [0.15, 0.2) is 0 Å². The quantitative estimate of drug-likeness (QED) is 0.593. The number of fused-ring (bicyclic) bond motifs is 1. The molecule has 0 saturated heterocycles. The van der Waals surface area contributed by atoms with Gasteiger partial charge in [-0.1, -0.05) is 0 Å². The maximum Gasteiger partial charge on any atom is 0.328 e. The molecule has 3 aromatic rings. The zero-order valence-corrected chi connectivity index (χ0v) is 16.2. The van der Waals surface area contributed by atoms with Gasteiger partial charge in [0.25, 0.3) is 0 Å². The summed E-state index contributed by atoms with van der Waals surface area (Å²) in [5.74, 6) is 0.881. The van der Waals surface area contributed by atoms with Gasteiger partial charge < -0.3 is 16.0 Å². The molecule has 1 aromatic carbocycles. The number of anilines is 3. The van der Waals surface area contributed by atoms with Crippen molar-refractivity contribution in [3.63, 3.8) is 0 Å². The third-order valence-corrected chi connectivity index (χ3v) is 4.75. The Hall–Kier alpha value is -2.36. The van der Waals surface area contributed by atoms with Crippen LogP contribution in [0, 0.1) is 3.57 Å². The van der Waals surface area contributed by atoms with Gasteiger partial charge in [-0.2, -0.15) is 4.98 Å². The average Bonchev–Trinajstić information content (AvgIpc) is 3.02. The SMILES string of the molecule is CCN(CC)C(=O)n1ccc2cc(Nc3nc(N)ncc3I)ccc21. The highest BCUT2D eigenvalue weighted by molar-refractivity contribution is 14.1. The second kappa shape index (κ2) is 7.26. The number of nitrogen functional groups attached to an aromatic ring is 1. The van der Waals surface area contributed by atoms with Crippen LogP contribution in [0.15, 0.2) is 36.7 Å². The monoisotopic (exact) mass is 450 g/mol. The molecule has 3 N–H and O–H groups in total. The van der Waals surface area contributed by atoms with Gasteiger partial charge in [-0.15, -0.1) is 0 Å². The van der Waals surface area contributed by atoms with Crippen LogP contribution in [0.4, 0.5) is 22.2 Å². The Labute approximate surface area is 159 Å². The predicted octanol–water partition coefficient (Wildman–Crippen LogP) is 3.67. The number of carbonyl (C=O) groups excluding carboxylic acids is 1. The Morgan fingerprint density at radius 1 is 1.32 bits per heavy atom. The molecule has 0 radical (unpaired) electrons. The highest BCUT2D eigenvalue weighted by Gasteiger charge is 2.14. The number of aromatic nitrogens is 3. The van der Waals surface area contributed by atoms with Crippen molar-refractivity contribution in [2.45, 2.75) is 13.8 Å². The van der Waals surface area contributed by atoms with Gasteiger partial charge >= 0.3 is 6.03 Å². The molecule has 0 aliphatic heterocycles. The standard InChI is InChI=1S/C17H19IN6O/c1-3-23(4-2)17(25)24-8-7-11-9-12(5-6-14(11)24)21-15-13(18)10-20-16(19)22-15/h5-10H,3-4H2,1-2H3,(H3,19,20,21,22). The molecule has 0 atom stereocenters. The Bertz CT molecular complexity index is 919. The van der Waals surface area contributed by atoms with Crippen LogP contribution < -0.4 is 11.1 Å². The molecule has 1 amide bonds. The average molecular weight is 450 g/mol. The number of amides is 1. The molecule has 0 fully saturated rings. The summed E-state index contributed by atoms with van der Waals surface area (Å²) in [4.78, 5) is 22.5. The lowest BCUT2D eigenvalue weighted by molar-refractivity contribution is 0.206. The van der Waals surface area contributed by atoms with Crippen LogP contribution in [0.2, 0.25) is 0 Å². The topological polar surface area (TPSA) is 89.1 Å². The summed E-state index contributed by atoms with van der Waals surface area (Å²) in [6, 6.07) is 7.75. The van der Waals surface area contributed by atoms with E-state index in [1.165, 1.54) is 0 Å². The van der Waals surface area contributed by atoms with Gasteiger partial charge in [-0.3, -0.25) is 4.57 Å². The molecule has 8 heteroatoms. The summed E-state index contributed by atoms with van der Waals surface area (Å²) in [5, 5.41) is 4.22. The van der Waals surface area contributed by atoms with E-state index in [1.807, 2.05) is 44.3 Å². The van der Waals surface area contributed by atoms with Crippen LogP contribution in [0.1, 0.15) is 13.8 Å². The molecular formula is C17H19IN6O. The van der Waals surface area contributed by atoms with E-state index in [0.29, 0.717) is 18.9 Å². The number of halogens is 1.